The van der Waals surface area contributed by atoms with E-state index >= 15 is 0 Å². The third kappa shape index (κ3) is 1.11. The van der Waals surface area contributed by atoms with Crippen molar-refractivity contribution in [2.75, 3.05) is 0 Å². The second-order valence-electron chi connectivity index (χ2n) is 2.01. The van der Waals surface area contributed by atoms with Crippen LogP contribution in [0.15, 0.2) is 30.0 Å². The standard InChI is InChI=1S/C8H10/c1-2-3-5-8-6-4-7-8/h3,6H,1,4-5,7H2. The van der Waals surface area contributed by atoms with E-state index in [1.54, 1.807) is 5.57 Å². The van der Waals surface area contributed by atoms with E-state index in [4.69, 9.17) is 0 Å². The van der Waals surface area contributed by atoms with E-state index in [1.807, 2.05) is 6.08 Å². The van der Waals surface area contributed by atoms with Crippen LogP contribution in [0.1, 0.15) is 19.3 Å². The van der Waals surface area contributed by atoms with Gasteiger partial charge in [-0.2, -0.15) is 0 Å². The Morgan fingerprint density at radius 1 is 1.88 bits per heavy atom. The summed E-state index contributed by atoms with van der Waals surface area (Å²) in [7, 11) is 0. The van der Waals surface area contributed by atoms with Crippen LogP contribution in [0.4, 0.5) is 0 Å². The lowest BCUT2D eigenvalue weighted by Crippen LogP contribution is -1.90. The predicted molar refractivity (Wildman–Crippen MR) is 35.6 cm³/mol. The monoisotopic (exact) mass is 106 g/mol. The Bertz CT molecular complexity index is 145. The van der Waals surface area contributed by atoms with Crippen molar-refractivity contribution in [3.8, 4) is 0 Å². The van der Waals surface area contributed by atoms with Crippen LogP contribution in [-0.2, 0) is 0 Å². The molecule has 1 rings (SSSR count). The average Bonchev–Trinajstić information content (AvgIpc) is 1.63. The molecule has 0 radical (unpaired) electrons. The Hall–Kier alpha value is -0.740. The van der Waals surface area contributed by atoms with Gasteiger partial charge in [-0.15, -0.1) is 5.73 Å². The highest BCUT2D eigenvalue weighted by molar-refractivity contribution is 5.15. The maximum atomic E-state index is 3.48. The summed E-state index contributed by atoms with van der Waals surface area (Å²) in [5, 5.41) is 0. The first-order valence-electron chi connectivity index (χ1n) is 2.95. The fraction of sp³-hybridized carbons (Fsp3) is 0.375. The minimum Gasteiger partial charge on any atom is -0.133 e. The molecule has 0 aliphatic heterocycles. The minimum atomic E-state index is 1.07. The van der Waals surface area contributed by atoms with Crippen molar-refractivity contribution in [3.63, 3.8) is 0 Å². The molecule has 0 amide bonds. The van der Waals surface area contributed by atoms with Crippen LogP contribution < -0.4 is 0 Å². The van der Waals surface area contributed by atoms with Gasteiger partial charge >= 0.3 is 0 Å². The first kappa shape index (κ1) is 5.40. The van der Waals surface area contributed by atoms with Crippen LogP contribution in [0, 0.1) is 0 Å². The van der Waals surface area contributed by atoms with E-state index in [0.717, 1.165) is 6.42 Å². The first-order chi connectivity index (χ1) is 3.93. The Balaban J connectivity index is 2.29. The predicted octanol–water partition coefficient (Wildman–Crippen LogP) is 2.44. The topological polar surface area (TPSA) is 0 Å². The molecule has 1 aliphatic carbocycles. The van der Waals surface area contributed by atoms with Crippen molar-refractivity contribution in [1.82, 2.24) is 0 Å². The highest BCUT2D eigenvalue weighted by Gasteiger charge is 2.01. The van der Waals surface area contributed by atoms with Crippen LogP contribution >= 0.6 is 0 Å². The van der Waals surface area contributed by atoms with Gasteiger partial charge in [0, 0.05) is 0 Å². The Morgan fingerprint density at radius 3 is 3.00 bits per heavy atom. The number of hydrogen-bond acceptors (Lipinski definition) is 0. The van der Waals surface area contributed by atoms with E-state index in [1.165, 1.54) is 12.8 Å². The van der Waals surface area contributed by atoms with Gasteiger partial charge in [-0.25, -0.2) is 0 Å². The number of allylic oxidation sites excluding steroid dienone is 3. The molecule has 0 atom stereocenters. The van der Waals surface area contributed by atoms with Crippen molar-refractivity contribution < 1.29 is 0 Å². The zero-order valence-electron chi connectivity index (χ0n) is 4.98. The second kappa shape index (κ2) is 2.54. The van der Waals surface area contributed by atoms with E-state index in [-0.39, 0.29) is 0 Å². The Labute approximate surface area is 50.2 Å². The van der Waals surface area contributed by atoms with Crippen molar-refractivity contribution >= 4 is 0 Å². The first-order valence-corrected chi connectivity index (χ1v) is 2.95. The third-order valence-corrected chi connectivity index (χ3v) is 1.41. The molecule has 0 aromatic carbocycles. The summed E-state index contributed by atoms with van der Waals surface area (Å²) in [6.07, 6.45) is 7.89. The van der Waals surface area contributed by atoms with Gasteiger partial charge in [-0.3, -0.25) is 0 Å². The van der Waals surface area contributed by atoms with E-state index in [2.05, 4.69) is 18.4 Å². The van der Waals surface area contributed by atoms with Gasteiger partial charge in [-0.1, -0.05) is 18.2 Å². The van der Waals surface area contributed by atoms with Crippen LogP contribution in [0.25, 0.3) is 0 Å². The maximum absolute atomic E-state index is 3.48. The highest BCUT2D eigenvalue weighted by atomic mass is 14.1. The lowest BCUT2D eigenvalue weighted by molar-refractivity contribution is 0.841. The summed E-state index contributed by atoms with van der Waals surface area (Å²) < 4.78 is 0. The van der Waals surface area contributed by atoms with Gasteiger partial charge in [0.05, 0.1) is 0 Å². The SMILES string of the molecule is C=C=CCC1=CCC1. The second-order valence-corrected chi connectivity index (χ2v) is 2.01. The molecule has 0 N–H and O–H groups in total. The molecule has 0 unspecified atom stereocenters. The van der Waals surface area contributed by atoms with Crippen LogP contribution in [0.5, 0.6) is 0 Å². The molecule has 0 spiro atoms. The summed E-state index contributed by atoms with van der Waals surface area (Å²) in [6, 6.07) is 0. The van der Waals surface area contributed by atoms with Crippen LogP contribution in [0.2, 0.25) is 0 Å². The summed E-state index contributed by atoms with van der Waals surface area (Å²) in [6.45, 7) is 3.48. The molecule has 1 aliphatic rings. The molecule has 0 saturated heterocycles. The molecule has 0 heteroatoms. The van der Waals surface area contributed by atoms with Gasteiger partial charge in [0.2, 0.25) is 0 Å². The normalized spacial score (nSPS) is 15.8. The fourth-order valence-corrected chi connectivity index (χ4v) is 0.737. The zero-order chi connectivity index (χ0) is 5.82. The minimum absolute atomic E-state index is 1.07. The molecule has 0 aromatic rings. The van der Waals surface area contributed by atoms with Gasteiger partial charge in [0.15, 0.2) is 0 Å². The van der Waals surface area contributed by atoms with E-state index in [9.17, 15) is 0 Å². The van der Waals surface area contributed by atoms with Crippen molar-refractivity contribution in [2.24, 2.45) is 0 Å². The summed E-state index contributed by atoms with van der Waals surface area (Å²) in [4.78, 5) is 0. The molecule has 0 bridgehead atoms. The largest absolute Gasteiger partial charge is 0.133 e. The summed E-state index contributed by atoms with van der Waals surface area (Å²) in [5.41, 5.74) is 4.29. The molecule has 8 heavy (non-hydrogen) atoms. The molecule has 0 nitrogen and oxygen atoms in total. The smallest absolute Gasteiger partial charge is 0.00627 e. The molecule has 0 aromatic heterocycles. The summed E-state index contributed by atoms with van der Waals surface area (Å²) in [5.74, 6) is 0. The van der Waals surface area contributed by atoms with E-state index in [0.29, 0.717) is 0 Å². The lowest BCUT2D eigenvalue weighted by atomic mass is 9.96. The maximum Gasteiger partial charge on any atom is -0.00627 e. The molecule has 0 fully saturated rings. The van der Waals surface area contributed by atoms with Gasteiger partial charge < -0.3 is 0 Å². The Morgan fingerprint density at radius 2 is 2.62 bits per heavy atom. The third-order valence-electron chi connectivity index (χ3n) is 1.41. The number of rotatable bonds is 2. The molecular formula is C8H10. The highest BCUT2D eigenvalue weighted by Crippen LogP contribution is 2.20. The molecular weight excluding hydrogens is 96.1 g/mol. The van der Waals surface area contributed by atoms with E-state index < -0.39 is 0 Å². The molecule has 0 heterocycles. The quantitative estimate of drug-likeness (QED) is 0.374. The van der Waals surface area contributed by atoms with Crippen LogP contribution in [0.3, 0.4) is 0 Å². The fourth-order valence-electron chi connectivity index (χ4n) is 0.737. The van der Waals surface area contributed by atoms with Crippen molar-refractivity contribution in [3.05, 3.63) is 30.0 Å². The zero-order valence-corrected chi connectivity index (χ0v) is 4.98. The summed E-state index contributed by atoms with van der Waals surface area (Å²) >= 11 is 0. The lowest BCUT2D eigenvalue weighted by Gasteiger charge is -2.10. The molecule has 42 valence electrons. The molecule has 0 saturated carbocycles. The van der Waals surface area contributed by atoms with Crippen molar-refractivity contribution in [2.45, 2.75) is 19.3 Å². The van der Waals surface area contributed by atoms with Gasteiger partial charge in [-0.05, 0) is 25.3 Å². The number of hydrogen-bond donors (Lipinski definition) is 0. The van der Waals surface area contributed by atoms with Crippen molar-refractivity contribution in [1.29, 1.82) is 0 Å². The van der Waals surface area contributed by atoms with Gasteiger partial charge in [0.25, 0.3) is 0 Å². The Kier molecular flexibility index (Phi) is 1.71. The van der Waals surface area contributed by atoms with Crippen LogP contribution in [-0.4, -0.2) is 0 Å². The average molecular weight is 106 g/mol. The van der Waals surface area contributed by atoms with Gasteiger partial charge in [0.1, 0.15) is 0 Å².